The number of aliphatic hydroxyl groups is 4. The lowest BCUT2D eigenvalue weighted by atomic mass is 9.59. The highest BCUT2D eigenvalue weighted by Crippen LogP contribution is 2.58. The minimum absolute atomic E-state index is 0.0106. The lowest BCUT2D eigenvalue weighted by molar-refractivity contribution is -0.346. The molecule has 18 heteroatoms. The molecule has 7 rings (SSSR count). The summed E-state index contributed by atoms with van der Waals surface area (Å²) in [6.07, 6.45) is -12.8. The monoisotopic (exact) mass is 834 g/mol. The Morgan fingerprint density at radius 1 is 0.655 bits per heavy atom. The molecule has 4 fully saturated rings. The Balaban J connectivity index is 1.14. The van der Waals surface area contributed by atoms with Gasteiger partial charge in [-0.1, -0.05) is 26.0 Å². The van der Waals surface area contributed by atoms with Crippen molar-refractivity contribution in [2.24, 2.45) is 35.5 Å². The largest absolute Gasteiger partial charge is 0.457 e. The molecule has 4 aliphatic heterocycles. The molecule has 4 unspecified atom stereocenters. The second kappa shape index (κ2) is 14.6. The van der Waals surface area contributed by atoms with Gasteiger partial charge >= 0.3 is 24.3 Å². The lowest BCUT2D eigenvalue weighted by Gasteiger charge is -2.54. The van der Waals surface area contributed by atoms with Gasteiger partial charge in [-0.05, 0) is 88.2 Å². The van der Waals surface area contributed by atoms with Crippen molar-refractivity contribution in [3.63, 3.8) is 0 Å². The summed E-state index contributed by atoms with van der Waals surface area (Å²) in [5, 5.41) is 45.8. The zero-order valence-corrected chi connectivity index (χ0v) is 32.3. The molecule has 6 aliphatic rings. The van der Waals surface area contributed by atoms with E-state index in [-0.39, 0.29) is 50.4 Å². The molecule has 1 aromatic carbocycles. The van der Waals surface area contributed by atoms with Crippen LogP contribution in [0.4, 0.5) is 26.3 Å². The van der Waals surface area contributed by atoms with Gasteiger partial charge in [0.05, 0.1) is 11.1 Å². The molecule has 12 nitrogen and oxygen atoms in total. The minimum Gasteiger partial charge on any atom is -0.457 e. The van der Waals surface area contributed by atoms with Crippen molar-refractivity contribution in [3.05, 3.63) is 58.1 Å². The van der Waals surface area contributed by atoms with Crippen LogP contribution in [0.3, 0.4) is 0 Å². The number of benzene rings is 1. The SMILES string of the molecule is C[C@@H]1CC[C@H]2C(COC(=O)c3ccccc3C(=O)OCC3=C(C(F)(F)F)O[C@@H]4OC(C)(O)CCC5[C@H](C)CC[C@@H]3[C@]54O)=C(C(F)(F)F)O[C@@H]3OC(C)(O)CCC1[C@]32O. The van der Waals surface area contributed by atoms with Gasteiger partial charge in [0.1, 0.15) is 24.4 Å². The summed E-state index contributed by atoms with van der Waals surface area (Å²) in [6, 6.07) is 4.90. The molecular formula is C40H48F6O12. The molecule has 2 aliphatic carbocycles. The Labute approximate surface area is 330 Å². The summed E-state index contributed by atoms with van der Waals surface area (Å²) < 4.78 is 120. The fraction of sp³-hybridized carbons (Fsp3) is 0.700. The van der Waals surface area contributed by atoms with Crippen molar-refractivity contribution < 1.29 is 84.8 Å². The molecule has 0 bridgehead atoms. The first-order valence-electron chi connectivity index (χ1n) is 19.5. The predicted octanol–water partition coefficient (Wildman–Crippen LogP) is 6.17. The smallest absolute Gasteiger partial charge is 0.449 e. The van der Waals surface area contributed by atoms with Crippen LogP contribution in [0, 0.1) is 35.5 Å². The van der Waals surface area contributed by atoms with E-state index in [1.54, 1.807) is 0 Å². The van der Waals surface area contributed by atoms with Gasteiger partial charge in [0.2, 0.25) is 24.1 Å². The van der Waals surface area contributed by atoms with Crippen LogP contribution in [0.2, 0.25) is 0 Å². The maximum absolute atomic E-state index is 14.6. The molecule has 4 N–H and O–H groups in total. The van der Waals surface area contributed by atoms with Gasteiger partial charge in [0.25, 0.3) is 0 Å². The molecule has 2 saturated heterocycles. The van der Waals surface area contributed by atoms with E-state index in [1.807, 2.05) is 13.8 Å². The highest BCUT2D eigenvalue weighted by atomic mass is 19.4. The summed E-state index contributed by atoms with van der Waals surface area (Å²) in [7, 11) is 0. The van der Waals surface area contributed by atoms with E-state index in [2.05, 4.69) is 0 Å². The molecule has 0 radical (unpaired) electrons. The van der Waals surface area contributed by atoms with Crippen molar-refractivity contribution in [2.75, 3.05) is 13.2 Å². The predicted molar refractivity (Wildman–Crippen MR) is 185 cm³/mol. The minimum atomic E-state index is -5.14. The first-order valence-corrected chi connectivity index (χ1v) is 19.5. The van der Waals surface area contributed by atoms with Gasteiger partial charge in [-0.25, -0.2) is 9.59 Å². The van der Waals surface area contributed by atoms with E-state index >= 15 is 0 Å². The van der Waals surface area contributed by atoms with E-state index in [0.29, 0.717) is 12.8 Å². The number of halogens is 6. The third-order valence-corrected chi connectivity index (χ3v) is 13.3. The standard InChI is InChI=1S/C40H48F6O12/c1-19-9-11-27-23(29(39(41,42)43)55-33-37(27,51)25(19)13-15-35(3,49)57-33)17-53-31(47)21-7-5-6-8-22(21)32(48)54-18-24-28-12-10-20(2)26-14-16-36(4,50)58-34(38(26,28)52)56-30(24)40(44,45)46/h5-8,19-20,25-28,33-34,49-52H,9-18H2,1-4H3/t19-,20-,25?,26?,27+,28+,33-,34-,35?,36?,37-,38-/m1/s1. The van der Waals surface area contributed by atoms with Crippen LogP contribution in [0.5, 0.6) is 0 Å². The van der Waals surface area contributed by atoms with Gasteiger partial charge in [0.15, 0.2) is 11.6 Å². The van der Waals surface area contributed by atoms with E-state index in [1.165, 1.54) is 26.0 Å². The number of allylic oxidation sites excluding steroid dienone is 2. The maximum atomic E-state index is 14.6. The van der Waals surface area contributed by atoms with Crippen LogP contribution < -0.4 is 0 Å². The summed E-state index contributed by atoms with van der Waals surface area (Å²) in [4.78, 5) is 27.2. The van der Waals surface area contributed by atoms with Crippen molar-refractivity contribution in [2.45, 2.75) is 127 Å². The summed E-state index contributed by atoms with van der Waals surface area (Å²) >= 11 is 0. The van der Waals surface area contributed by atoms with Crippen LogP contribution in [0.15, 0.2) is 46.9 Å². The molecule has 58 heavy (non-hydrogen) atoms. The highest BCUT2D eigenvalue weighted by Gasteiger charge is 2.66. The van der Waals surface area contributed by atoms with Gasteiger partial charge < -0.3 is 48.8 Å². The molecular weight excluding hydrogens is 786 g/mol. The van der Waals surface area contributed by atoms with Crippen molar-refractivity contribution in [3.8, 4) is 0 Å². The molecule has 0 aromatic heterocycles. The van der Waals surface area contributed by atoms with Crippen LogP contribution in [-0.4, -0.2) is 93.3 Å². The van der Waals surface area contributed by atoms with Crippen LogP contribution in [0.1, 0.15) is 99.8 Å². The van der Waals surface area contributed by atoms with Gasteiger partial charge in [0, 0.05) is 35.8 Å². The van der Waals surface area contributed by atoms with Crippen molar-refractivity contribution >= 4 is 11.9 Å². The van der Waals surface area contributed by atoms with Gasteiger partial charge in [-0.2, -0.15) is 26.3 Å². The Bertz CT molecular complexity index is 1730. The summed E-state index contributed by atoms with van der Waals surface area (Å²) in [5.74, 6) is -13.7. The van der Waals surface area contributed by atoms with Crippen LogP contribution in [-0.2, 0) is 28.4 Å². The molecule has 0 spiro atoms. The molecule has 1 aromatic rings. The van der Waals surface area contributed by atoms with E-state index in [4.69, 9.17) is 28.4 Å². The number of carbonyl (C=O) groups excluding carboxylic acids is 2. The fourth-order valence-corrected chi connectivity index (χ4v) is 10.4. The number of rotatable bonds is 6. The molecule has 2 saturated carbocycles. The Morgan fingerprint density at radius 2 is 1.02 bits per heavy atom. The highest BCUT2D eigenvalue weighted by molar-refractivity contribution is 6.03. The molecule has 4 heterocycles. The Kier molecular flexibility index (Phi) is 10.8. The average Bonchev–Trinajstić information content (AvgIpc) is 3.30. The second-order valence-electron chi connectivity index (χ2n) is 17.2. The zero-order valence-electron chi connectivity index (χ0n) is 32.3. The normalized spacial score (nSPS) is 40.2. The Morgan fingerprint density at radius 3 is 1.36 bits per heavy atom. The number of hydrogen-bond donors (Lipinski definition) is 4. The number of carbonyl (C=O) groups is 2. The summed E-state index contributed by atoms with van der Waals surface area (Å²) in [6.45, 7) is 4.15. The maximum Gasteiger partial charge on any atom is 0.449 e. The molecule has 0 amide bonds. The average molecular weight is 835 g/mol. The number of hydrogen-bond acceptors (Lipinski definition) is 12. The van der Waals surface area contributed by atoms with Gasteiger partial charge in [-0.3, -0.25) is 0 Å². The van der Waals surface area contributed by atoms with E-state index in [0.717, 1.165) is 12.1 Å². The first kappa shape index (κ1) is 42.7. The van der Waals surface area contributed by atoms with Crippen molar-refractivity contribution in [1.29, 1.82) is 0 Å². The van der Waals surface area contributed by atoms with E-state index < -0.39 is 130 Å². The third-order valence-electron chi connectivity index (χ3n) is 13.3. The van der Waals surface area contributed by atoms with Crippen LogP contribution >= 0.6 is 0 Å². The number of esters is 2. The first-order chi connectivity index (χ1) is 26.9. The molecule has 322 valence electrons. The van der Waals surface area contributed by atoms with Crippen molar-refractivity contribution in [1.82, 2.24) is 0 Å². The third kappa shape index (κ3) is 7.39. The zero-order chi connectivity index (χ0) is 42.4. The Hall–Kier alpha value is -3.42. The summed E-state index contributed by atoms with van der Waals surface area (Å²) in [5.41, 5.74) is -6.15. The molecule has 12 atom stereocenters. The van der Waals surface area contributed by atoms with Crippen LogP contribution in [0.25, 0.3) is 0 Å². The number of ether oxygens (including phenoxy) is 6. The topological polar surface area (TPSA) is 170 Å². The lowest BCUT2D eigenvalue weighted by Crippen LogP contribution is -2.63. The second-order valence-corrected chi connectivity index (χ2v) is 17.2. The van der Waals surface area contributed by atoms with E-state index in [9.17, 15) is 56.4 Å². The van der Waals surface area contributed by atoms with Gasteiger partial charge in [-0.15, -0.1) is 0 Å². The fourth-order valence-electron chi connectivity index (χ4n) is 10.4. The number of alkyl halides is 6. The quantitative estimate of drug-likeness (QED) is 0.190.